The molecule has 0 fully saturated rings. The van der Waals surface area contributed by atoms with Crippen molar-refractivity contribution in [3.63, 3.8) is 0 Å². The number of nitrogens with one attached hydrogen (secondary N) is 1. The van der Waals surface area contributed by atoms with E-state index in [-0.39, 0.29) is 0 Å². The number of hydrogen-bond acceptors (Lipinski definition) is 5. The van der Waals surface area contributed by atoms with Crippen LogP contribution in [0.1, 0.15) is 18.9 Å². The van der Waals surface area contributed by atoms with Crippen LogP contribution in [0.4, 0.5) is 0 Å². The standard InChI is InChI=1S/C10H13N3S2/c1-7(2)12-5-9-13-8(6-15-9)10-11-3-4-14-10/h3-4,6-7,12H,5H2,1-2H3. The summed E-state index contributed by atoms with van der Waals surface area (Å²) < 4.78 is 0. The molecule has 3 nitrogen and oxygen atoms in total. The van der Waals surface area contributed by atoms with Crippen LogP contribution in [-0.4, -0.2) is 16.0 Å². The van der Waals surface area contributed by atoms with Crippen LogP contribution in [0.5, 0.6) is 0 Å². The number of aromatic nitrogens is 2. The first-order chi connectivity index (χ1) is 7.25. The van der Waals surface area contributed by atoms with Gasteiger partial charge in [0.2, 0.25) is 0 Å². The first kappa shape index (κ1) is 10.7. The van der Waals surface area contributed by atoms with Gasteiger partial charge < -0.3 is 5.32 Å². The van der Waals surface area contributed by atoms with Crippen molar-refractivity contribution < 1.29 is 0 Å². The smallest absolute Gasteiger partial charge is 0.142 e. The van der Waals surface area contributed by atoms with Crippen LogP contribution in [0.2, 0.25) is 0 Å². The molecule has 2 aromatic rings. The molecule has 0 unspecified atom stereocenters. The number of rotatable bonds is 4. The molecule has 2 heterocycles. The summed E-state index contributed by atoms with van der Waals surface area (Å²) in [4.78, 5) is 8.77. The molecule has 0 radical (unpaired) electrons. The molecule has 2 aromatic heterocycles. The van der Waals surface area contributed by atoms with Gasteiger partial charge in [-0.1, -0.05) is 13.8 Å². The third kappa shape index (κ3) is 2.84. The lowest BCUT2D eigenvalue weighted by Crippen LogP contribution is -2.21. The summed E-state index contributed by atoms with van der Waals surface area (Å²) in [5, 5.41) is 9.51. The summed E-state index contributed by atoms with van der Waals surface area (Å²) in [5.74, 6) is 0. The SMILES string of the molecule is CC(C)NCc1nc(-c2nccs2)cs1. The largest absolute Gasteiger partial charge is 0.308 e. The topological polar surface area (TPSA) is 37.8 Å². The lowest BCUT2D eigenvalue weighted by atomic mass is 10.4. The van der Waals surface area contributed by atoms with Gasteiger partial charge in [-0.05, 0) is 0 Å². The molecule has 0 amide bonds. The summed E-state index contributed by atoms with van der Waals surface area (Å²) >= 11 is 3.31. The Bertz CT molecular complexity index is 406. The Hall–Kier alpha value is -0.780. The van der Waals surface area contributed by atoms with Crippen LogP contribution in [0, 0.1) is 0 Å². The zero-order valence-electron chi connectivity index (χ0n) is 8.73. The summed E-state index contributed by atoms with van der Waals surface area (Å²) in [6, 6.07) is 0.497. The molecular formula is C10H13N3S2. The van der Waals surface area contributed by atoms with Gasteiger partial charge in [0.05, 0.1) is 0 Å². The molecular weight excluding hydrogens is 226 g/mol. The van der Waals surface area contributed by atoms with E-state index in [1.54, 1.807) is 22.7 Å². The highest BCUT2D eigenvalue weighted by Crippen LogP contribution is 2.23. The minimum atomic E-state index is 0.497. The fraction of sp³-hybridized carbons (Fsp3) is 0.400. The van der Waals surface area contributed by atoms with Crippen molar-refractivity contribution in [3.05, 3.63) is 22.0 Å². The molecule has 0 atom stereocenters. The second-order valence-corrected chi connectivity index (χ2v) is 5.34. The molecule has 0 aliphatic rings. The Morgan fingerprint density at radius 3 is 2.93 bits per heavy atom. The fourth-order valence-corrected chi connectivity index (χ4v) is 2.53. The number of nitrogens with zero attached hydrogens (tertiary/aromatic N) is 2. The molecule has 80 valence electrons. The number of thiazole rings is 2. The molecule has 0 aliphatic heterocycles. The average Bonchev–Trinajstić information content (AvgIpc) is 2.85. The van der Waals surface area contributed by atoms with Gasteiger partial charge in [-0.15, -0.1) is 22.7 Å². The van der Waals surface area contributed by atoms with Crippen LogP contribution in [-0.2, 0) is 6.54 Å². The maximum atomic E-state index is 4.53. The van der Waals surface area contributed by atoms with E-state index in [9.17, 15) is 0 Å². The minimum Gasteiger partial charge on any atom is -0.308 e. The average molecular weight is 239 g/mol. The molecule has 2 rings (SSSR count). The van der Waals surface area contributed by atoms with Gasteiger partial charge in [0.25, 0.3) is 0 Å². The predicted molar refractivity (Wildman–Crippen MR) is 65.2 cm³/mol. The lowest BCUT2D eigenvalue weighted by molar-refractivity contribution is 0.587. The van der Waals surface area contributed by atoms with Crippen LogP contribution >= 0.6 is 22.7 Å². The van der Waals surface area contributed by atoms with Gasteiger partial charge in [-0.2, -0.15) is 0 Å². The highest BCUT2D eigenvalue weighted by atomic mass is 32.1. The van der Waals surface area contributed by atoms with Crippen molar-refractivity contribution in [1.29, 1.82) is 0 Å². The molecule has 1 N–H and O–H groups in total. The van der Waals surface area contributed by atoms with Crippen LogP contribution in [0.15, 0.2) is 17.0 Å². The van der Waals surface area contributed by atoms with Crippen LogP contribution in [0.25, 0.3) is 10.7 Å². The van der Waals surface area contributed by atoms with Crippen molar-refractivity contribution in [2.45, 2.75) is 26.4 Å². The lowest BCUT2D eigenvalue weighted by Gasteiger charge is -2.04. The second kappa shape index (κ2) is 4.83. The highest BCUT2D eigenvalue weighted by Gasteiger charge is 2.06. The van der Waals surface area contributed by atoms with Gasteiger partial charge in [0.1, 0.15) is 15.7 Å². The third-order valence-corrected chi connectivity index (χ3v) is 3.51. The Labute approximate surface area is 97.2 Å². The Morgan fingerprint density at radius 2 is 2.27 bits per heavy atom. The summed E-state index contributed by atoms with van der Waals surface area (Å²) in [6.07, 6.45) is 1.81. The molecule has 5 heteroatoms. The van der Waals surface area contributed by atoms with Crippen molar-refractivity contribution in [1.82, 2.24) is 15.3 Å². The quantitative estimate of drug-likeness (QED) is 0.891. The van der Waals surface area contributed by atoms with E-state index in [2.05, 4.69) is 34.5 Å². The maximum Gasteiger partial charge on any atom is 0.142 e. The van der Waals surface area contributed by atoms with E-state index < -0.39 is 0 Å². The van der Waals surface area contributed by atoms with Crippen molar-refractivity contribution in [2.75, 3.05) is 0 Å². The van der Waals surface area contributed by atoms with Crippen molar-refractivity contribution in [2.24, 2.45) is 0 Å². The van der Waals surface area contributed by atoms with Crippen molar-refractivity contribution in [3.8, 4) is 10.7 Å². The zero-order chi connectivity index (χ0) is 10.7. The van der Waals surface area contributed by atoms with Gasteiger partial charge in [-0.25, -0.2) is 9.97 Å². The first-order valence-corrected chi connectivity index (χ1v) is 6.59. The molecule has 0 aromatic carbocycles. The summed E-state index contributed by atoms with van der Waals surface area (Å²) in [7, 11) is 0. The molecule has 15 heavy (non-hydrogen) atoms. The van der Waals surface area contributed by atoms with Gasteiger partial charge in [0, 0.05) is 29.5 Å². The molecule has 0 saturated carbocycles. The van der Waals surface area contributed by atoms with E-state index in [0.29, 0.717) is 6.04 Å². The fourth-order valence-electron chi connectivity index (χ4n) is 1.13. The normalized spacial score (nSPS) is 11.1. The molecule has 0 bridgehead atoms. The van der Waals surface area contributed by atoms with Crippen molar-refractivity contribution >= 4 is 22.7 Å². The van der Waals surface area contributed by atoms with Gasteiger partial charge in [-0.3, -0.25) is 0 Å². The second-order valence-electron chi connectivity index (χ2n) is 3.50. The Morgan fingerprint density at radius 1 is 1.40 bits per heavy atom. The molecule has 0 spiro atoms. The Balaban J connectivity index is 2.04. The monoisotopic (exact) mass is 239 g/mol. The van der Waals surface area contributed by atoms with Gasteiger partial charge >= 0.3 is 0 Å². The highest BCUT2D eigenvalue weighted by molar-refractivity contribution is 7.14. The van der Waals surface area contributed by atoms with E-state index in [1.165, 1.54) is 0 Å². The Kier molecular flexibility index (Phi) is 3.45. The van der Waals surface area contributed by atoms with E-state index in [1.807, 2.05) is 11.6 Å². The van der Waals surface area contributed by atoms with Crippen LogP contribution in [0.3, 0.4) is 0 Å². The first-order valence-electron chi connectivity index (χ1n) is 4.83. The van der Waals surface area contributed by atoms with E-state index in [4.69, 9.17) is 0 Å². The zero-order valence-corrected chi connectivity index (χ0v) is 10.4. The summed E-state index contributed by atoms with van der Waals surface area (Å²) in [6.45, 7) is 5.11. The number of hydrogen-bond donors (Lipinski definition) is 1. The molecule has 0 saturated heterocycles. The van der Waals surface area contributed by atoms with E-state index in [0.717, 1.165) is 22.3 Å². The predicted octanol–water partition coefficient (Wildman–Crippen LogP) is 2.76. The molecule has 0 aliphatic carbocycles. The maximum absolute atomic E-state index is 4.53. The minimum absolute atomic E-state index is 0.497. The van der Waals surface area contributed by atoms with E-state index >= 15 is 0 Å². The van der Waals surface area contributed by atoms with Crippen LogP contribution < -0.4 is 5.32 Å². The van der Waals surface area contributed by atoms with Gasteiger partial charge in [0.15, 0.2) is 0 Å². The summed E-state index contributed by atoms with van der Waals surface area (Å²) in [5.41, 5.74) is 0.996. The third-order valence-electron chi connectivity index (χ3n) is 1.86.